The van der Waals surface area contributed by atoms with Gasteiger partial charge in [0.05, 0.1) is 0 Å². The van der Waals surface area contributed by atoms with Crippen molar-refractivity contribution in [3.8, 4) is 28.7 Å². The molecule has 0 amide bonds. The minimum atomic E-state index is -1.22. The molecule has 2 aromatic carbocycles. The van der Waals surface area contributed by atoms with Gasteiger partial charge in [0.2, 0.25) is 5.75 Å². The summed E-state index contributed by atoms with van der Waals surface area (Å²) in [5.41, 5.74) is 0.700. The Labute approximate surface area is 125 Å². The molecule has 1 heterocycles. The van der Waals surface area contributed by atoms with Crippen molar-refractivity contribution in [3.63, 3.8) is 0 Å². The summed E-state index contributed by atoms with van der Waals surface area (Å²) in [4.78, 5) is 0. The molecule has 0 saturated carbocycles. The Balaban J connectivity index is 1.97. The summed E-state index contributed by atoms with van der Waals surface area (Å²) >= 11 is 0. The predicted molar refractivity (Wildman–Crippen MR) is 75.5 cm³/mol. The molecular formula is C16H14O6. The van der Waals surface area contributed by atoms with Gasteiger partial charge in [0.15, 0.2) is 23.0 Å². The summed E-state index contributed by atoms with van der Waals surface area (Å²) in [7, 11) is 0. The number of aliphatic hydroxyl groups is 1. The van der Waals surface area contributed by atoms with Gasteiger partial charge in [0.25, 0.3) is 0 Å². The summed E-state index contributed by atoms with van der Waals surface area (Å²) in [6.07, 6.45) is 0.266. The third kappa shape index (κ3) is 1.52. The van der Waals surface area contributed by atoms with E-state index in [2.05, 4.69) is 0 Å². The lowest BCUT2D eigenvalue weighted by Gasteiger charge is -2.36. The minimum absolute atomic E-state index is 0.0577. The number of hydrogen-bond acceptors (Lipinski definition) is 6. The monoisotopic (exact) mass is 302 g/mol. The van der Waals surface area contributed by atoms with Crippen LogP contribution in [0.2, 0.25) is 0 Å². The normalized spacial score (nSPS) is 25.0. The lowest BCUT2D eigenvalue weighted by atomic mass is 9.80. The third-order valence-electron chi connectivity index (χ3n) is 4.50. The molecule has 2 aliphatic rings. The zero-order valence-corrected chi connectivity index (χ0v) is 11.4. The van der Waals surface area contributed by atoms with Crippen molar-refractivity contribution in [2.45, 2.75) is 17.9 Å². The smallest absolute Gasteiger partial charge is 0.200 e. The number of rotatable bonds is 0. The van der Waals surface area contributed by atoms with E-state index >= 15 is 0 Å². The molecule has 6 heteroatoms. The van der Waals surface area contributed by atoms with Gasteiger partial charge in [-0.3, -0.25) is 0 Å². The maximum Gasteiger partial charge on any atom is 0.200 e. The fourth-order valence-corrected chi connectivity index (χ4v) is 3.52. The summed E-state index contributed by atoms with van der Waals surface area (Å²) in [6.45, 7) is -0.0577. The second kappa shape index (κ2) is 3.98. The van der Waals surface area contributed by atoms with Crippen LogP contribution in [0.3, 0.4) is 0 Å². The predicted octanol–water partition coefficient (Wildman–Crippen LogP) is 1.32. The number of benzene rings is 2. The average Bonchev–Trinajstić information content (AvgIpc) is 2.75. The maximum atomic E-state index is 10.9. The molecular weight excluding hydrogens is 288 g/mol. The van der Waals surface area contributed by atoms with Crippen molar-refractivity contribution >= 4 is 0 Å². The van der Waals surface area contributed by atoms with Crippen molar-refractivity contribution in [2.75, 3.05) is 6.61 Å². The second-order valence-electron chi connectivity index (χ2n) is 5.89. The van der Waals surface area contributed by atoms with Crippen LogP contribution in [0.15, 0.2) is 24.3 Å². The molecule has 5 N–H and O–H groups in total. The number of phenolic OH excluding ortho intramolecular Hbond substituents is 4. The Morgan fingerprint density at radius 1 is 0.955 bits per heavy atom. The van der Waals surface area contributed by atoms with E-state index in [0.717, 1.165) is 0 Å². The Morgan fingerprint density at radius 2 is 1.68 bits per heavy atom. The van der Waals surface area contributed by atoms with Gasteiger partial charge < -0.3 is 30.3 Å². The lowest BCUT2D eigenvalue weighted by Crippen LogP contribution is -2.43. The first-order chi connectivity index (χ1) is 10.4. The van der Waals surface area contributed by atoms with Crippen LogP contribution in [0, 0.1) is 0 Å². The van der Waals surface area contributed by atoms with Crippen LogP contribution >= 0.6 is 0 Å². The van der Waals surface area contributed by atoms with Crippen molar-refractivity contribution in [1.29, 1.82) is 0 Å². The first-order valence-electron chi connectivity index (χ1n) is 6.85. The molecule has 0 saturated heterocycles. The van der Waals surface area contributed by atoms with Crippen LogP contribution in [0.4, 0.5) is 0 Å². The maximum absolute atomic E-state index is 10.9. The summed E-state index contributed by atoms with van der Waals surface area (Å²) < 4.78 is 5.46. The highest BCUT2D eigenvalue weighted by Crippen LogP contribution is 2.55. The standard InChI is InChI=1S/C16H14O6/c17-10-2-1-8-13-9-4-12(19)11(18)3-7(9)5-16(13,21)6-22-15(8)14(10)20/h1-4,13,17-21H,5-6H2/t13?,16-/m1/s1. The number of ether oxygens (including phenoxy) is 1. The average molecular weight is 302 g/mol. The SMILES string of the molecule is Oc1cc2c(cc1O)C1c3ccc(O)c(O)c3OC[C@]1(O)C2. The van der Waals surface area contributed by atoms with E-state index in [-0.39, 0.29) is 41.8 Å². The molecule has 0 aromatic heterocycles. The van der Waals surface area contributed by atoms with E-state index < -0.39 is 11.5 Å². The van der Waals surface area contributed by atoms with Gasteiger partial charge in [-0.1, -0.05) is 6.07 Å². The Kier molecular flexibility index (Phi) is 2.37. The molecule has 0 radical (unpaired) electrons. The minimum Gasteiger partial charge on any atom is -0.504 e. The zero-order chi connectivity index (χ0) is 15.6. The topological polar surface area (TPSA) is 110 Å². The van der Waals surface area contributed by atoms with Crippen LogP contribution in [-0.4, -0.2) is 37.7 Å². The molecule has 2 atom stereocenters. The van der Waals surface area contributed by atoms with Gasteiger partial charge >= 0.3 is 0 Å². The quantitative estimate of drug-likeness (QED) is 0.469. The molecule has 2 aromatic rings. The molecule has 6 nitrogen and oxygen atoms in total. The van der Waals surface area contributed by atoms with Gasteiger partial charge in [-0.15, -0.1) is 0 Å². The highest BCUT2D eigenvalue weighted by Gasteiger charge is 2.51. The molecule has 0 spiro atoms. The molecule has 1 aliphatic heterocycles. The van der Waals surface area contributed by atoms with E-state index in [9.17, 15) is 25.5 Å². The fourth-order valence-electron chi connectivity index (χ4n) is 3.52. The van der Waals surface area contributed by atoms with Crippen LogP contribution in [0.5, 0.6) is 28.7 Å². The summed E-state index contributed by atoms with van der Waals surface area (Å²) in [5.74, 6) is -1.54. The molecule has 0 bridgehead atoms. The second-order valence-corrected chi connectivity index (χ2v) is 5.89. The number of phenols is 4. The largest absolute Gasteiger partial charge is 0.504 e. The van der Waals surface area contributed by atoms with Crippen LogP contribution in [-0.2, 0) is 6.42 Å². The molecule has 1 unspecified atom stereocenters. The van der Waals surface area contributed by atoms with Crippen molar-refractivity contribution in [3.05, 3.63) is 41.0 Å². The molecule has 0 fully saturated rings. The Bertz CT molecular complexity index is 800. The van der Waals surface area contributed by atoms with E-state index in [1.165, 1.54) is 18.2 Å². The van der Waals surface area contributed by atoms with Gasteiger partial charge in [-0.05, 0) is 29.3 Å². The zero-order valence-electron chi connectivity index (χ0n) is 11.4. The molecule has 1 aliphatic carbocycles. The highest BCUT2D eigenvalue weighted by molar-refractivity contribution is 5.63. The van der Waals surface area contributed by atoms with E-state index in [4.69, 9.17) is 4.74 Å². The first-order valence-corrected chi connectivity index (χ1v) is 6.85. The van der Waals surface area contributed by atoms with E-state index in [0.29, 0.717) is 16.7 Å². The van der Waals surface area contributed by atoms with Gasteiger partial charge in [-0.25, -0.2) is 0 Å². The Hall–Kier alpha value is -2.60. The number of hydrogen-bond donors (Lipinski definition) is 5. The van der Waals surface area contributed by atoms with Crippen molar-refractivity contribution in [1.82, 2.24) is 0 Å². The van der Waals surface area contributed by atoms with Crippen LogP contribution in [0.1, 0.15) is 22.6 Å². The van der Waals surface area contributed by atoms with Crippen LogP contribution < -0.4 is 4.74 Å². The van der Waals surface area contributed by atoms with Gasteiger partial charge in [0, 0.05) is 17.9 Å². The molecule has 114 valence electrons. The Morgan fingerprint density at radius 3 is 2.45 bits per heavy atom. The van der Waals surface area contributed by atoms with Gasteiger partial charge in [-0.2, -0.15) is 0 Å². The van der Waals surface area contributed by atoms with Gasteiger partial charge in [0.1, 0.15) is 12.2 Å². The first kappa shape index (κ1) is 13.1. The van der Waals surface area contributed by atoms with E-state index in [1.54, 1.807) is 6.07 Å². The van der Waals surface area contributed by atoms with Crippen LogP contribution in [0.25, 0.3) is 0 Å². The number of fused-ring (bicyclic) bond motifs is 5. The summed E-state index contributed by atoms with van der Waals surface area (Å²) in [5, 5.41) is 49.8. The highest BCUT2D eigenvalue weighted by atomic mass is 16.5. The third-order valence-corrected chi connectivity index (χ3v) is 4.50. The fraction of sp³-hybridized carbons (Fsp3) is 0.250. The van der Waals surface area contributed by atoms with E-state index in [1.807, 2.05) is 0 Å². The molecule has 22 heavy (non-hydrogen) atoms. The summed E-state index contributed by atoms with van der Waals surface area (Å²) in [6, 6.07) is 5.77. The van der Waals surface area contributed by atoms with Crippen molar-refractivity contribution in [2.24, 2.45) is 0 Å². The van der Waals surface area contributed by atoms with Crippen molar-refractivity contribution < 1.29 is 30.3 Å². The number of aromatic hydroxyl groups is 4. The molecule has 4 rings (SSSR count). The lowest BCUT2D eigenvalue weighted by molar-refractivity contribution is -0.0228.